The lowest BCUT2D eigenvalue weighted by atomic mass is 10.0. The zero-order chi connectivity index (χ0) is 13.8. The van der Waals surface area contributed by atoms with Crippen molar-refractivity contribution in [1.82, 2.24) is 4.98 Å². The van der Waals surface area contributed by atoms with Crippen molar-refractivity contribution in [3.63, 3.8) is 0 Å². The third kappa shape index (κ3) is 2.96. The molecular weight excluding hydrogens is 240 g/mol. The van der Waals surface area contributed by atoms with Gasteiger partial charge in [0.2, 0.25) is 5.88 Å². The van der Waals surface area contributed by atoms with Crippen LogP contribution in [0.1, 0.15) is 24.1 Å². The van der Waals surface area contributed by atoms with Crippen molar-refractivity contribution in [1.29, 1.82) is 0 Å². The Labute approximate surface area is 113 Å². The molecule has 0 saturated carbocycles. The van der Waals surface area contributed by atoms with Crippen molar-refractivity contribution in [3.05, 3.63) is 47.7 Å². The zero-order valence-corrected chi connectivity index (χ0v) is 11.3. The Morgan fingerprint density at radius 2 is 2.11 bits per heavy atom. The third-order valence-electron chi connectivity index (χ3n) is 2.99. The molecule has 2 N–H and O–H groups in total. The van der Waals surface area contributed by atoms with Gasteiger partial charge in [-0.1, -0.05) is 17.7 Å². The van der Waals surface area contributed by atoms with Crippen LogP contribution in [0.2, 0.25) is 0 Å². The van der Waals surface area contributed by atoms with Crippen LogP contribution in [0.15, 0.2) is 36.5 Å². The number of hydrogen-bond donors (Lipinski definition) is 2. The minimum atomic E-state index is -0.0435. The number of hydrogen-bond acceptors (Lipinski definition) is 4. The number of ether oxygens (including phenoxy) is 1. The lowest BCUT2D eigenvalue weighted by Crippen LogP contribution is -2.08. The molecule has 1 unspecified atom stereocenters. The summed E-state index contributed by atoms with van der Waals surface area (Å²) in [6.45, 7) is 3.99. The number of aromatic hydroxyl groups is 1. The van der Waals surface area contributed by atoms with Gasteiger partial charge in [-0.25, -0.2) is 4.98 Å². The summed E-state index contributed by atoms with van der Waals surface area (Å²) in [7, 11) is 1.59. The van der Waals surface area contributed by atoms with Crippen LogP contribution in [0, 0.1) is 6.92 Å². The predicted octanol–water partition coefficient (Wildman–Crippen LogP) is 3.28. The lowest BCUT2D eigenvalue weighted by Gasteiger charge is -2.18. The normalized spacial score (nSPS) is 11.9. The van der Waals surface area contributed by atoms with Gasteiger partial charge in [-0.15, -0.1) is 0 Å². The van der Waals surface area contributed by atoms with Crippen LogP contribution in [0.25, 0.3) is 0 Å². The van der Waals surface area contributed by atoms with Crippen LogP contribution < -0.4 is 10.1 Å². The van der Waals surface area contributed by atoms with E-state index in [0.29, 0.717) is 5.88 Å². The molecule has 1 aromatic heterocycles. The summed E-state index contributed by atoms with van der Waals surface area (Å²) >= 11 is 0. The molecule has 0 saturated heterocycles. The van der Waals surface area contributed by atoms with E-state index in [2.05, 4.69) is 10.3 Å². The van der Waals surface area contributed by atoms with E-state index in [1.807, 2.05) is 38.1 Å². The summed E-state index contributed by atoms with van der Waals surface area (Å²) in [5.74, 6) is 0.829. The van der Waals surface area contributed by atoms with Crippen LogP contribution in [-0.2, 0) is 0 Å². The molecule has 0 aliphatic heterocycles. The summed E-state index contributed by atoms with van der Waals surface area (Å²) in [6, 6.07) is 9.26. The minimum absolute atomic E-state index is 0.0435. The molecule has 2 rings (SSSR count). The van der Waals surface area contributed by atoms with E-state index in [1.165, 1.54) is 0 Å². The molecule has 0 radical (unpaired) electrons. The highest BCUT2D eigenvalue weighted by molar-refractivity contribution is 5.54. The van der Waals surface area contributed by atoms with Crippen LogP contribution in [0.4, 0.5) is 5.69 Å². The van der Waals surface area contributed by atoms with Gasteiger partial charge in [0.25, 0.3) is 0 Å². The van der Waals surface area contributed by atoms with E-state index in [1.54, 1.807) is 19.4 Å². The second kappa shape index (κ2) is 5.61. The summed E-state index contributed by atoms with van der Waals surface area (Å²) < 4.78 is 5.20. The number of nitrogens with one attached hydrogen (secondary N) is 1. The van der Waals surface area contributed by atoms with E-state index in [-0.39, 0.29) is 11.8 Å². The largest absolute Gasteiger partial charge is 0.508 e. The van der Waals surface area contributed by atoms with Crippen molar-refractivity contribution in [2.24, 2.45) is 0 Å². The molecule has 1 atom stereocenters. The minimum Gasteiger partial charge on any atom is -0.508 e. The highest BCUT2D eigenvalue weighted by Gasteiger charge is 2.12. The molecule has 1 heterocycles. The Morgan fingerprint density at radius 1 is 1.32 bits per heavy atom. The molecule has 100 valence electrons. The third-order valence-corrected chi connectivity index (χ3v) is 2.99. The first-order valence-corrected chi connectivity index (χ1v) is 6.17. The maximum absolute atomic E-state index is 9.92. The summed E-state index contributed by atoms with van der Waals surface area (Å²) in [5.41, 5.74) is 2.77. The monoisotopic (exact) mass is 258 g/mol. The first-order valence-electron chi connectivity index (χ1n) is 6.17. The van der Waals surface area contributed by atoms with Gasteiger partial charge in [0.05, 0.1) is 18.8 Å². The summed E-state index contributed by atoms with van der Waals surface area (Å²) in [5, 5.41) is 13.2. The molecule has 0 spiro atoms. The average molecular weight is 258 g/mol. The van der Waals surface area contributed by atoms with E-state index >= 15 is 0 Å². The van der Waals surface area contributed by atoms with Crippen molar-refractivity contribution in [2.75, 3.05) is 12.4 Å². The topological polar surface area (TPSA) is 54.4 Å². The fourth-order valence-corrected chi connectivity index (χ4v) is 2.00. The van der Waals surface area contributed by atoms with Crippen LogP contribution in [-0.4, -0.2) is 17.2 Å². The maximum atomic E-state index is 9.92. The molecule has 0 fully saturated rings. The Hall–Kier alpha value is -2.23. The number of aromatic nitrogens is 1. The highest BCUT2D eigenvalue weighted by Crippen LogP contribution is 2.30. The van der Waals surface area contributed by atoms with Gasteiger partial charge in [-0.05, 0) is 32.0 Å². The molecule has 0 aliphatic rings. The molecule has 1 aromatic carbocycles. The Kier molecular flexibility index (Phi) is 3.90. The van der Waals surface area contributed by atoms with Gasteiger partial charge in [0.15, 0.2) is 0 Å². The molecule has 4 heteroatoms. The first kappa shape index (κ1) is 13.2. The Balaban J connectivity index is 2.25. The fourth-order valence-electron chi connectivity index (χ4n) is 2.00. The Morgan fingerprint density at radius 3 is 2.84 bits per heavy atom. The quantitative estimate of drug-likeness (QED) is 0.883. The van der Waals surface area contributed by atoms with Gasteiger partial charge < -0.3 is 15.2 Å². The highest BCUT2D eigenvalue weighted by atomic mass is 16.5. The van der Waals surface area contributed by atoms with Crippen molar-refractivity contribution in [2.45, 2.75) is 19.9 Å². The van der Waals surface area contributed by atoms with Gasteiger partial charge in [0, 0.05) is 11.8 Å². The molecule has 4 nitrogen and oxygen atoms in total. The number of anilines is 1. The van der Waals surface area contributed by atoms with E-state index in [9.17, 15) is 5.11 Å². The number of rotatable bonds is 4. The summed E-state index contributed by atoms with van der Waals surface area (Å²) in [6.07, 6.45) is 1.68. The van der Waals surface area contributed by atoms with Crippen molar-refractivity contribution in [3.8, 4) is 11.6 Å². The standard InChI is InChI=1S/C15H18N2O2/c1-10-6-7-14(18)12(9-10)11(2)17-13-5-4-8-16-15(13)19-3/h4-9,11,17-18H,1-3H3. The summed E-state index contributed by atoms with van der Waals surface area (Å²) in [4.78, 5) is 4.14. The second-order valence-corrected chi connectivity index (χ2v) is 4.49. The Bertz CT molecular complexity index is 570. The smallest absolute Gasteiger partial charge is 0.237 e. The number of nitrogens with zero attached hydrogens (tertiary/aromatic N) is 1. The van der Waals surface area contributed by atoms with Gasteiger partial charge in [-0.2, -0.15) is 0 Å². The molecular formula is C15H18N2O2. The fraction of sp³-hybridized carbons (Fsp3) is 0.267. The number of phenols is 1. The SMILES string of the molecule is COc1ncccc1NC(C)c1cc(C)ccc1O. The van der Waals surface area contributed by atoms with E-state index < -0.39 is 0 Å². The van der Waals surface area contributed by atoms with Crippen LogP contribution in [0.5, 0.6) is 11.6 Å². The molecule has 2 aromatic rings. The molecule has 19 heavy (non-hydrogen) atoms. The van der Waals surface area contributed by atoms with Crippen molar-refractivity contribution >= 4 is 5.69 Å². The van der Waals surface area contributed by atoms with E-state index in [0.717, 1.165) is 16.8 Å². The number of phenolic OH excluding ortho intramolecular Hbond substituents is 1. The predicted molar refractivity (Wildman–Crippen MR) is 75.7 cm³/mol. The average Bonchev–Trinajstić information content (AvgIpc) is 2.42. The zero-order valence-electron chi connectivity index (χ0n) is 11.3. The number of aryl methyl sites for hydroxylation is 1. The van der Waals surface area contributed by atoms with E-state index in [4.69, 9.17) is 4.74 Å². The molecule has 0 bridgehead atoms. The first-order chi connectivity index (χ1) is 9.11. The van der Waals surface area contributed by atoms with Crippen LogP contribution >= 0.6 is 0 Å². The van der Waals surface area contributed by atoms with Gasteiger partial charge in [-0.3, -0.25) is 0 Å². The maximum Gasteiger partial charge on any atom is 0.237 e. The van der Waals surface area contributed by atoms with Crippen molar-refractivity contribution < 1.29 is 9.84 Å². The number of pyridine rings is 1. The number of methoxy groups -OCH3 is 1. The second-order valence-electron chi connectivity index (χ2n) is 4.49. The lowest BCUT2D eigenvalue weighted by molar-refractivity contribution is 0.399. The van der Waals surface area contributed by atoms with Gasteiger partial charge in [0.1, 0.15) is 5.75 Å². The molecule has 0 amide bonds. The number of benzene rings is 1. The van der Waals surface area contributed by atoms with Gasteiger partial charge >= 0.3 is 0 Å². The molecule has 0 aliphatic carbocycles. The van der Waals surface area contributed by atoms with Crippen LogP contribution in [0.3, 0.4) is 0 Å².